The number of halogens is 3. The van der Waals surface area contributed by atoms with Crippen molar-refractivity contribution in [3.63, 3.8) is 0 Å². The van der Waals surface area contributed by atoms with Crippen LogP contribution < -0.4 is 4.74 Å². The Labute approximate surface area is 114 Å². The smallest absolute Gasteiger partial charge is 0.419 e. The molecular formula is C13H15F3O2S. The highest BCUT2D eigenvalue weighted by molar-refractivity contribution is 7.99. The largest absolute Gasteiger partial charge is 0.492 e. The molecule has 1 aromatic carbocycles. The standard InChI is InChI=1S/C13H15F3O2S/c1-9(2)19-6-5-18-12-4-3-10(8-17)7-11(12)13(14,15)16/h3-4,7-9H,5-6H2,1-2H3. The van der Waals surface area contributed by atoms with Crippen molar-refractivity contribution in [2.24, 2.45) is 0 Å². The summed E-state index contributed by atoms with van der Waals surface area (Å²) in [6.45, 7) is 4.21. The van der Waals surface area contributed by atoms with Gasteiger partial charge in [-0.2, -0.15) is 24.9 Å². The van der Waals surface area contributed by atoms with Crippen LogP contribution in [-0.4, -0.2) is 23.9 Å². The van der Waals surface area contributed by atoms with Crippen LogP contribution in [0.3, 0.4) is 0 Å². The summed E-state index contributed by atoms with van der Waals surface area (Å²) in [5.41, 5.74) is -0.928. The number of carbonyl (C=O) groups is 1. The van der Waals surface area contributed by atoms with Crippen LogP contribution in [-0.2, 0) is 6.18 Å². The molecule has 0 saturated carbocycles. The topological polar surface area (TPSA) is 26.3 Å². The Morgan fingerprint density at radius 1 is 1.37 bits per heavy atom. The van der Waals surface area contributed by atoms with Gasteiger partial charge in [-0.25, -0.2) is 0 Å². The maximum atomic E-state index is 12.8. The summed E-state index contributed by atoms with van der Waals surface area (Å²) < 4.78 is 43.6. The molecule has 0 heterocycles. The van der Waals surface area contributed by atoms with Gasteiger partial charge in [-0.15, -0.1) is 0 Å². The van der Waals surface area contributed by atoms with E-state index in [2.05, 4.69) is 0 Å². The van der Waals surface area contributed by atoms with E-state index in [9.17, 15) is 18.0 Å². The fourth-order valence-electron chi connectivity index (χ4n) is 1.40. The van der Waals surface area contributed by atoms with Gasteiger partial charge in [-0.1, -0.05) is 13.8 Å². The van der Waals surface area contributed by atoms with Crippen molar-refractivity contribution in [2.75, 3.05) is 12.4 Å². The highest BCUT2D eigenvalue weighted by Crippen LogP contribution is 2.36. The molecule has 0 N–H and O–H groups in total. The first-order valence-corrected chi connectivity index (χ1v) is 6.80. The fourth-order valence-corrected chi connectivity index (χ4v) is 2.05. The van der Waals surface area contributed by atoms with Crippen molar-refractivity contribution in [1.82, 2.24) is 0 Å². The Kier molecular flexibility index (Phi) is 5.72. The van der Waals surface area contributed by atoms with E-state index < -0.39 is 11.7 Å². The fraction of sp³-hybridized carbons (Fsp3) is 0.462. The van der Waals surface area contributed by atoms with E-state index in [1.54, 1.807) is 11.8 Å². The molecule has 2 nitrogen and oxygen atoms in total. The van der Waals surface area contributed by atoms with Crippen molar-refractivity contribution < 1.29 is 22.7 Å². The molecule has 0 unspecified atom stereocenters. The van der Waals surface area contributed by atoms with E-state index in [0.717, 1.165) is 6.07 Å². The molecule has 0 fully saturated rings. The number of aldehydes is 1. The first-order valence-electron chi connectivity index (χ1n) is 5.75. The Morgan fingerprint density at radius 3 is 2.58 bits per heavy atom. The maximum absolute atomic E-state index is 12.8. The molecule has 0 bridgehead atoms. The lowest BCUT2D eigenvalue weighted by molar-refractivity contribution is -0.138. The van der Waals surface area contributed by atoms with E-state index in [0.29, 0.717) is 17.3 Å². The van der Waals surface area contributed by atoms with Crippen LogP contribution in [0.5, 0.6) is 5.75 Å². The number of benzene rings is 1. The van der Waals surface area contributed by atoms with Crippen LogP contribution in [0.2, 0.25) is 0 Å². The number of ether oxygens (including phenoxy) is 1. The van der Waals surface area contributed by atoms with Gasteiger partial charge in [0.1, 0.15) is 12.0 Å². The molecule has 1 aromatic rings. The van der Waals surface area contributed by atoms with E-state index in [1.165, 1.54) is 12.1 Å². The van der Waals surface area contributed by atoms with Gasteiger partial charge in [0.2, 0.25) is 0 Å². The van der Waals surface area contributed by atoms with Gasteiger partial charge in [-0.05, 0) is 23.4 Å². The average Bonchev–Trinajstić information content (AvgIpc) is 2.33. The SMILES string of the molecule is CC(C)SCCOc1ccc(C=O)cc1C(F)(F)F. The van der Waals surface area contributed by atoms with Gasteiger partial charge in [0, 0.05) is 11.3 Å². The minimum atomic E-state index is -4.53. The lowest BCUT2D eigenvalue weighted by atomic mass is 10.1. The summed E-state index contributed by atoms with van der Waals surface area (Å²) in [4.78, 5) is 10.5. The molecule has 0 saturated heterocycles. The summed E-state index contributed by atoms with van der Waals surface area (Å²) in [5.74, 6) is 0.382. The first-order chi connectivity index (χ1) is 8.84. The van der Waals surface area contributed by atoms with E-state index >= 15 is 0 Å². The number of alkyl halides is 3. The summed E-state index contributed by atoms with van der Waals surface area (Å²) in [5, 5.41) is 0.406. The predicted molar refractivity (Wildman–Crippen MR) is 69.9 cm³/mol. The second-order valence-corrected chi connectivity index (χ2v) is 5.82. The van der Waals surface area contributed by atoms with Crippen LogP contribution in [0.15, 0.2) is 18.2 Å². The Morgan fingerprint density at radius 2 is 2.05 bits per heavy atom. The van der Waals surface area contributed by atoms with Crippen molar-refractivity contribution >= 4 is 18.0 Å². The van der Waals surface area contributed by atoms with Crippen molar-refractivity contribution in [3.05, 3.63) is 29.3 Å². The lowest BCUT2D eigenvalue weighted by Gasteiger charge is -2.14. The van der Waals surface area contributed by atoms with E-state index in [-0.39, 0.29) is 17.9 Å². The van der Waals surface area contributed by atoms with Crippen molar-refractivity contribution in [1.29, 1.82) is 0 Å². The minimum absolute atomic E-state index is 0.0174. The van der Waals surface area contributed by atoms with Gasteiger partial charge in [0.05, 0.1) is 12.2 Å². The van der Waals surface area contributed by atoms with Gasteiger partial charge in [0.15, 0.2) is 0 Å². The number of carbonyl (C=O) groups excluding carboxylic acids is 1. The predicted octanol–water partition coefficient (Wildman–Crippen LogP) is 4.04. The Bertz CT molecular complexity index is 430. The van der Waals surface area contributed by atoms with E-state index in [1.807, 2.05) is 13.8 Å². The van der Waals surface area contributed by atoms with Gasteiger partial charge >= 0.3 is 6.18 Å². The second-order valence-electron chi connectivity index (χ2n) is 4.14. The molecule has 0 spiro atoms. The lowest BCUT2D eigenvalue weighted by Crippen LogP contribution is -2.11. The molecule has 0 aliphatic heterocycles. The van der Waals surface area contributed by atoms with E-state index in [4.69, 9.17) is 4.74 Å². The van der Waals surface area contributed by atoms with Crippen molar-refractivity contribution in [3.8, 4) is 5.75 Å². The normalized spacial score (nSPS) is 11.7. The van der Waals surface area contributed by atoms with Crippen LogP contribution in [0, 0.1) is 0 Å². The molecule has 0 radical (unpaired) electrons. The number of rotatable bonds is 6. The zero-order valence-corrected chi connectivity index (χ0v) is 11.5. The number of thioether (sulfide) groups is 1. The van der Waals surface area contributed by atoms with Crippen LogP contribution in [0.25, 0.3) is 0 Å². The monoisotopic (exact) mass is 292 g/mol. The number of hydrogen-bond donors (Lipinski definition) is 0. The van der Waals surface area contributed by atoms with Gasteiger partial charge < -0.3 is 4.74 Å². The second kappa shape index (κ2) is 6.84. The van der Waals surface area contributed by atoms with Gasteiger partial charge in [-0.3, -0.25) is 4.79 Å². The molecule has 0 aliphatic carbocycles. The van der Waals surface area contributed by atoms with Crippen LogP contribution in [0.1, 0.15) is 29.8 Å². The average molecular weight is 292 g/mol. The number of hydrogen-bond acceptors (Lipinski definition) is 3. The van der Waals surface area contributed by atoms with Crippen LogP contribution >= 0.6 is 11.8 Å². The summed E-state index contributed by atoms with van der Waals surface area (Å²) >= 11 is 1.61. The molecular weight excluding hydrogens is 277 g/mol. The molecule has 0 amide bonds. The molecule has 106 valence electrons. The quantitative estimate of drug-likeness (QED) is 0.585. The zero-order chi connectivity index (χ0) is 14.5. The maximum Gasteiger partial charge on any atom is 0.419 e. The third-order valence-corrected chi connectivity index (χ3v) is 3.31. The van der Waals surface area contributed by atoms with Crippen LogP contribution in [0.4, 0.5) is 13.2 Å². The molecule has 0 aromatic heterocycles. The summed E-state index contributed by atoms with van der Waals surface area (Å²) in [7, 11) is 0. The Hall–Kier alpha value is -1.17. The van der Waals surface area contributed by atoms with Gasteiger partial charge in [0.25, 0.3) is 0 Å². The molecule has 0 atom stereocenters. The highest BCUT2D eigenvalue weighted by Gasteiger charge is 2.34. The minimum Gasteiger partial charge on any atom is -0.492 e. The third kappa shape index (κ3) is 5.14. The summed E-state index contributed by atoms with van der Waals surface area (Å²) in [6.07, 6.45) is -4.15. The molecule has 6 heteroatoms. The third-order valence-electron chi connectivity index (χ3n) is 2.24. The van der Waals surface area contributed by atoms with Crippen molar-refractivity contribution in [2.45, 2.75) is 25.3 Å². The molecule has 19 heavy (non-hydrogen) atoms. The molecule has 0 aliphatic rings. The Balaban J connectivity index is 2.79. The first kappa shape index (κ1) is 15.9. The zero-order valence-electron chi connectivity index (χ0n) is 10.7. The summed E-state index contributed by atoms with van der Waals surface area (Å²) in [6, 6.07) is 3.30. The molecule has 1 rings (SSSR count). The highest BCUT2D eigenvalue weighted by atomic mass is 32.2.